The summed E-state index contributed by atoms with van der Waals surface area (Å²) in [5.41, 5.74) is 5.08. The molecule has 2 rings (SSSR count). The van der Waals surface area contributed by atoms with Crippen molar-refractivity contribution < 1.29 is 15.1 Å². The predicted molar refractivity (Wildman–Crippen MR) is 79.9 cm³/mol. The number of piperidine rings is 1. The molecule has 6 heteroatoms. The van der Waals surface area contributed by atoms with Crippen molar-refractivity contribution in [1.82, 2.24) is 4.90 Å². The second-order valence-electron chi connectivity index (χ2n) is 6.45. The van der Waals surface area contributed by atoms with Gasteiger partial charge in [-0.15, -0.1) is 0 Å². The van der Waals surface area contributed by atoms with Crippen LogP contribution in [0, 0.1) is 11.8 Å². The van der Waals surface area contributed by atoms with Gasteiger partial charge in [0.25, 0.3) is 0 Å². The van der Waals surface area contributed by atoms with Crippen LogP contribution in [0.4, 0.5) is 0 Å². The molecule has 1 saturated carbocycles. The molecule has 1 aliphatic carbocycles. The molecular formula is C15H27N3O3. The van der Waals surface area contributed by atoms with E-state index in [0.717, 1.165) is 32.1 Å². The largest absolute Gasteiger partial charge is 0.409 e. The summed E-state index contributed by atoms with van der Waals surface area (Å²) in [5, 5.41) is 22.5. The summed E-state index contributed by atoms with van der Waals surface area (Å²) in [6, 6.07) is 0. The van der Waals surface area contributed by atoms with Crippen LogP contribution in [0.2, 0.25) is 0 Å². The number of hydrogen-bond acceptors (Lipinski definition) is 4. The smallest absolute Gasteiger partial charge is 0.233 e. The highest BCUT2D eigenvalue weighted by Gasteiger charge is 2.44. The average Bonchev–Trinajstić information content (AvgIpc) is 2.50. The van der Waals surface area contributed by atoms with Crippen molar-refractivity contribution in [2.24, 2.45) is 22.7 Å². The lowest BCUT2D eigenvalue weighted by Crippen LogP contribution is -2.56. The molecule has 120 valence electrons. The van der Waals surface area contributed by atoms with Crippen molar-refractivity contribution in [1.29, 1.82) is 0 Å². The number of hydrogen-bond donors (Lipinski definition) is 3. The molecular weight excluding hydrogens is 270 g/mol. The van der Waals surface area contributed by atoms with E-state index in [4.69, 9.17) is 10.9 Å². The fourth-order valence-corrected chi connectivity index (χ4v) is 3.75. The van der Waals surface area contributed by atoms with Gasteiger partial charge >= 0.3 is 0 Å². The molecule has 4 N–H and O–H groups in total. The molecule has 3 atom stereocenters. The van der Waals surface area contributed by atoms with Gasteiger partial charge in [-0.3, -0.25) is 4.79 Å². The molecule has 6 nitrogen and oxygen atoms in total. The third kappa shape index (κ3) is 3.31. The van der Waals surface area contributed by atoms with Crippen molar-refractivity contribution in [3.05, 3.63) is 0 Å². The molecule has 1 saturated heterocycles. The molecule has 1 amide bonds. The minimum Gasteiger partial charge on any atom is -0.409 e. The maximum atomic E-state index is 12.6. The maximum absolute atomic E-state index is 12.6. The molecule has 1 heterocycles. The third-order valence-electron chi connectivity index (χ3n) is 5.09. The quantitative estimate of drug-likeness (QED) is 0.315. The van der Waals surface area contributed by atoms with Crippen molar-refractivity contribution in [2.75, 3.05) is 13.1 Å². The van der Waals surface area contributed by atoms with Gasteiger partial charge in [-0.2, -0.15) is 0 Å². The standard InChI is InChI=1S/C15H27N3O3/c1-2-5-12(13(16)17-21)14(19)18-9-8-15(20)7-4-3-6-11(15)10-18/h11-12,20-21H,2-10H2,1H3,(H2,16,17). The first-order valence-corrected chi connectivity index (χ1v) is 8.00. The second kappa shape index (κ2) is 6.64. The number of amides is 1. The van der Waals surface area contributed by atoms with E-state index in [1.54, 1.807) is 4.90 Å². The Kier molecular flexibility index (Phi) is 5.08. The van der Waals surface area contributed by atoms with Gasteiger partial charge in [0, 0.05) is 19.0 Å². The van der Waals surface area contributed by atoms with Crippen LogP contribution in [0.5, 0.6) is 0 Å². The van der Waals surface area contributed by atoms with Crippen LogP contribution < -0.4 is 5.73 Å². The molecule has 21 heavy (non-hydrogen) atoms. The SMILES string of the molecule is CCCC(C(=O)N1CCC2(O)CCCCC2C1)C(N)=NO. The Hall–Kier alpha value is -1.30. The lowest BCUT2D eigenvalue weighted by atomic mass is 9.71. The highest BCUT2D eigenvalue weighted by molar-refractivity contribution is 6.02. The Labute approximate surface area is 126 Å². The summed E-state index contributed by atoms with van der Waals surface area (Å²) in [5.74, 6) is -0.459. The number of oxime groups is 1. The summed E-state index contributed by atoms with van der Waals surface area (Å²) in [7, 11) is 0. The number of nitrogens with two attached hydrogens (primary N) is 1. The van der Waals surface area contributed by atoms with Gasteiger partial charge < -0.3 is 20.9 Å². The lowest BCUT2D eigenvalue weighted by Gasteiger charge is -2.47. The van der Waals surface area contributed by atoms with Crippen LogP contribution in [0.3, 0.4) is 0 Å². The van der Waals surface area contributed by atoms with Crippen LogP contribution in [-0.2, 0) is 4.79 Å². The van der Waals surface area contributed by atoms with Gasteiger partial charge in [0.2, 0.25) is 5.91 Å². The molecule has 0 bridgehead atoms. The second-order valence-corrected chi connectivity index (χ2v) is 6.45. The minimum absolute atomic E-state index is 0.00803. The molecule has 0 aromatic heterocycles. The minimum atomic E-state index is -0.591. The number of fused-ring (bicyclic) bond motifs is 1. The van der Waals surface area contributed by atoms with Crippen molar-refractivity contribution >= 4 is 11.7 Å². The fourth-order valence-electron chi connectivity index (χ4n) is 3.75. The molecule has 1 aliphatic heterocycles. The van der Waals surface area contributed by atoms with Crippen LogP contribution in [0.1, 0.15) is 51.9 Å². The van der Waals surface area contributed by atoms with Crippen LogP contribution in [-0.4, -0.2) is 45.6 Å². The molecule has 3 unspecified atom stereocenters. The molecule has 0 aromatic carbocycles. The van der Waals surface area contributed by atoms with E-state index in [0.29, 0.717) is 25.9 Å². The number of carbonyl (C=O) groups excluding carboxylic acids is 1. The Bertz CT molecular complexity index is 413. The Morgan fingerprint density at radius 1 is 1.48 bits per heavy atom. The van der Waals surface area contributed by atoms with Gasteiger partial charge in [0.1, 0.15) is 0 Å². The highest BCUT2D eigenvalue weighted by atomic mass is 16.4. The number of rotatable bonds is 4. The van der Waals surface area contributed by atoms with Gasteiger partial charge in [-0.05, 0) is 25.7 Å². The summed E-state index contributed by atoms with van der Waals surface area (Å²) in [4.78, 5) is 14.4. The van der Waals surface area contributed by atoms with Crippen molar-refractivity contribution in [3.63, 3.8) is 0 Å². The van der Waals surface area contributed by atoms with E-state index >= 15 is 0 Å². The number of nitrogens with zero attached hydrogens (tertiary/aromatic N) is 2. The molecule has 0 spiro atoms. The molecule has 2 aliphatic rings. The maximum Gasteiger partial charge on any atom is 0.233 e. The summed E-state index contributed by atoms with van der Waals surface area (Å²) >= 11 is 0. The van der Waals surface area contributed by atoms with Crippen LogP contribution in [0.25, 0.3) is 0 Å². The van der Waals surface area contributed by atoms with Crippen molar-refractivity contribution in [3.8, 4) is 0 Å². The van der Waals surface area contributed by atoms with Crippen LogP contribution >= 0.6 is 0 Å². The number of aliphatic hydroxyl groups is 1. The van der Waals surface area contributed by atoms with E-state index in [9.17, 15) is 9.90 Å². The Morgan fingerprint density at radius 3 is 2.90 bits per heavy atom. The first kappa shape index (κ1) is 16.1. The van der Waals surface area contributed by atoms with Gasteiger partial charge in [0.05, 0.1) is 11.5 Å². The highest BCUT2D eigenvalue weighted by Crippen LogP contribution is 2.40. The average molecular weight is 297 g/mol. The Morgan fingerprint density at radius 2 is 2.24 bits per heavy atom. The van der Waals surface area contributed by atoms with E-state index in [1.165, 1.54) is 0 Å². The first-order chi connectivity index (χ1) is 10.0. The Balaban J connectivity index is 2.06. The van der Waals surface area contributed by atoms with E-state index in [2.05, 4.69) is 5.16 Å². The van der Waals surface area contributed by atoms with E-state index in [-0.39, 0.29) is 17.7 Å². The van der Waals surface area contributed by atoms with Crippen molar-refractivity contribution in [2.45, 2.75) is 57.5 Å². The summed E-state index contributed by atoms with van der Waals surface area (Å²) < 4.78 is 0. The number of carbonyl (C=O) groups is 1. The third-order valence-corrected chi connectivity index (χ3v) is 5.09. The summed E-state index contributed by atoms with van der Waals surface area (Å²) in [6.45, 7) is 3.13. The van der Waals surface area contributed by atoms with E-state index in [1.807, 2.05) is 6.92 Å². The van der Waals surface area contributed by atoms with Gasteiger partial charge in [0.15, 0.2) is 5.84 Å². The monoisotopic (exact) mass is 297 g/mol. The number of likely N-dealkylation sites (tertiary alicyclic amines) is 1. The molecule has 0 aromatic rings. The van der Waals surface area contributed by atoms with Crippen LogP contribution in [0.15, 0.2) is 5.16 Å². The fraction of sp³-hybridized carbons (Fsp3) is 0.867. The molecule has 2 fully saturated rings. The topological polar surface area (TPSA) is 99.2 Å². The van der Waals surface area contributed by atoms with Gasteiger partial charge in [-0.25, -0.2) is 0 Å². The zero-order chi connectivity index (χ0) is 15.5. The summed E-state index contributed by atoms with van der Waals surface area (Å²) in [6.07, 6.45) is 6.03. The lowest BCUT2D eigenvalue weighted by molar-refractivity contribution is -0.145. The van der Waals surface area contributed by atoms with Gasteiger partial charge in [-0.1, -0.05) is 31.3 Å². The normalized spacial score (nSPS) is 31.6. The predicted octanol–water partition coefficient (Wildman–Crippen LogP) is 1.30. The van der Waals surface area contributed by atoms with E-state index < -0.39 is 11.5 Å². The zero-order valence-electron chi connectivity index (χ0n) is 12.8. The molecule has 0 radical (unpaired) electrons. The zero-order valence-corrected chi connectivity index (χ0v) is 12.8. The first-order valence-electron chi connectivity index (χ1n) is 8.00. The number of amidine groups is 1.